The van der Waals surface area contributed by atoms with Crippen molar-refractivity contribution in [2.45, 2.75) is 0 Å². The van der Waals surface area contributed by atoms with Crippen molar-refractivity contribution < 1.29 is 19.1 Å². The van der Waals surface area contributed by atoms with E-state index in [2.05, 4.69) is 5.32 Å². The Kier molecular flexibility index (Phi) is 6.79. The van der Waals surface area contributed by atoms with E-state index >= 15 is 0 Å². The lowest BCUT2D eigenvalue weighted by Crippen LogP contribution is -2.20. The molecular formula is C24H21NO4. The topological polar surface area (TPSA) is 64.6 Å². The molecule has 5 nitrogen and oxygen atoms in total. The van der Waals surface area contributed by atoms with E-state index in [1.807, 2.05) is 72.8 Å². The molecule has 0 aliphatic rings. The maximum absolute atomic E-state index is 12.2. The smallest absolute Gasteiger partial charge is 0.331 e. The van der Waals surface area contributed by atoms with Crippen molar-refractivity contribution in [3.63, 3.8) is 0 Å². The van der Waals surface area contributed by atoms with Gasteiger partial charge in [-0.05, 0) is 35.4 Å². The summed E-state index contributed by atoms with van der Waals surface area (Å²) in [4.78, 5) is 24.1. The molecule has 0 aromatic heterocycles. The average Bonchev–Trinajstić information content (AvgIpc) is 2.77. The predicted octanol–water partition coefficient (Wildman–Crippen LogP) is 4.56. The summed E-state index contributed by atoms with van der Waals surface area (Å²) in [6.07, 6.45) is 2.88. The Hall–Kier alpha value is -3.86. The highest BCUT2D eigenvalue weighted by molar-refractivity contribution is 5.97. The Morgan fingerprint density at radius 3 is 2.48 bits per heavy atom. The molecule has 0 aliphatic carbocycles. The Labute approximate surface area is 169 Å². The standard InChI is InChI=1S/C24H21NO4/c1-28-20-11-7-8-18(16-20)14-15-24(27)29-17-23(26)25-22-13-6-5-12-21(22)19-9-3-2-4-10-19/h2-16H,17H2,1H3,(H,25,26)/b15-14+. The van der Waals surface area contributed by atoms with Crippen LogP contribution in [0, 0.1) is 0 Å². The van der Waals surface area contributed by atoms with Gasteiger partial charge >= 0.3 is 5.97 Å². The van der Waals surface area contributed by atoms with Crippen molar-refractivity contribution in [2.24, 2.45) is 0 Å². The van der Waals surface area contributed by atoms with E-state index in [1.54, 1.807) is 19.3 Å². The Morgan fingerprint density at radius 1 is 0.931 bits per heavy atom. The van der Waals surface area contributed by atoms with Gasteiger partial charge in [0.05, 0.1) is 7.11 Å². The van der Waals surface area contributed by atoms with E-state index in [1.165, 1.54) is 6.08 Å². The third-order valence-electron chi connectivity index (χ3n) is 4.14. The molecule has 0 fully saturated rings. The fraction of sp³-hybridized carbons (Fsp3) is 0.0833. The van der Waals surface area contributed by atoms with Gasteiger partial charge in [-0.25, -0.2) is 4.79 Å². The van der Waals surface area contributed by atoms with Gasteiger partial charge in [0.25, 0.3) is 5.91 Å². The van der Waals surface area contributed by atoms with Crippen LogP contribution >= 0.6 is 0 Å². The number of methoxy groups -OCH3 is 1. The molecule has 29 heavy (non-hydrogen) atoms. The van der Waals surface area contributed by atoms with Crippen molar-refractivity contribution in [1.29, 1.82) is 0 Å². The fourth-order valence-electron chi connectivity index (χ4n) is 2.74. The zero-order chi connectivity index (χ0) is 20.5. The lowest BCUT2D eigenvalue weighted by molar-refractivity contribution is -0.142. The molecule has 0 aliphatic heterocycles. The molecule has 3 aromatic carbocycles. The van der Waals surface area contributed by atoms with Crippen LogP contribution in [0.5, 0.6) is 5.75 Å². The average molecular weight is 387 g/mol. The number of amides is 1. The first-order valence-corrected chi connectivity index (χ1v) is 9.09. The highest BCUT2D eigenvalue weighted by Crippen LogP contribution is 2.27. The van der Waals surface area contributed by atoms with Crippen LogP contribution < -0.4 is 10.1 Å². The highest BCUT2D eigenvalue weighted by atomic mass is 16.5. The molecule has 3 aromatic rings. The van der Waals surface area contributed by atoms with Crippen LogP contribution in [0.3, 0.4) is 0 Å². The molecule has 1 amide bonds. The maximum atomic E-state index is 12.2. The summed E-state index contributed by atoms with van der Waals surface area (Å²) >= 11 is 0. The van der Waals surface area contributed by atoms with Crippen LogP contribution in [0.2, 0.25) is 0 Å². The summed E-state index contributed by atoms with van der Waals surface area (Å²) in [6, 6.07) is 24.5. The number of benzene rings is 3. The fourth-order valence-corrected chi connectivity index (χ4v) is 2.74. The van der Waals surface area contributed by atoms with Crippen LogP contribution in [0.4, 0.5) is 5.69 Å². The number of hydrogen-bond donors (Lipinski definition) is 1. The first-order valence-electron chi connectivity index (χ1n) is 9.09. The van der Waals surface area contributed by atoms with Gasteiger partial charge in [-0.2, -0.15) is 0 Å². The number of carbonyl (C=O) groups is 2. The normalized spacial score (nSPS) is 10.5. The molecule has 0 heterocycles. The molecule has 0 saturated carbocycles. The van der Waals surface area contributed by atoms with Crippen LogP contribution in [0.25, 0.3) is 17.2 Å². The summed E-state index contributed by atoms with van der Waals surface area (Å²) in [6.45, 7) is -0.371. The Bertz CT molecular complexity index is 1010. The van der Waals surface area contributed by atoms with Crippen molar-refractivity contribution in [1.82, 2.24) is 0 Å². The monoisotopic (exact) mass is 387 g/mol. The van der Waals surface area contributed by atoms with Crippen LogP contribution in [-0.4, -0.2) is 25.6 Å². The SMILES string of the molecule is COc1cccc(/C=C/C(=O)OCC(=O)Nc2ccccc2-c2ccccc2)c1. The molecule has 0 saturated heterocycles. The molecule has 5 heteroatoms. The summed E-state index contributed by atoms with van der Waals surface area (Å²) < 4.78 is 10.2. The lowest BCUT2D eigenvalue weighted by Gasteiger charge is -2.11. The molecule has 0 spiro atoms. The number of anilines is 1. The molecule has 0 atom stereocenters. The first-order chi connectivity index (χ1) is 14.2. The van der Waals surface area contributed by atoms with E-state index in [4.69, 9.17) is 9.47 Å². The van der Waals surface area contributed by atoms with Crippen molar-refractivity contribution in [3.05, 3.63) is 90.5 Å². The van der Waals surface area contributed by atoms with Gasteiger partial charge in [0.1, 0.15) is 5.75 Å². The third kappa shape index (κ3) is 5.81. The van der Waals surface area contributed by atoms with Crippen LogP contribution in [0.15, 0.2) is 84.9 Å². The number of rotatable bonds is 7. The number of esters is 1. The van der Waals surface area contributed by atoms with E-state index in [0.29, 0.717) is 11.4 Å². The van der Waals surface area contributed by atoms with E-state index in [0.717, 1.165) is 16.7 Å². The van der Waals surface area contributed by atoms with Gasteiger partial charge in [0.15, 0.2) is 6.61 Å². The van der Waals surface area contributed by atoms with Crippen LogP contribution in [-0.2, 0) is 14.3 Å². The summed E-state index contributed by atoms with van der Waals surface area (Å²) in [7, 11) is 1.58. The van der Waals surface area contributed by atoms with Gasteiger partial charge in [-0.1, -0.05) is 60.7 Å². The molecule has 146 valence electrons. The highest BCUT2D eigenvalue weighted by Gasteiger charge is 2.09. The Balaban J connectivity index is 1.56. The van der Waals surface area contributed by atoms with Crippen molar-refractivity contribution >= 4 is 23.6 Å². The summed E-state index contributed by atoms with van der Waals surface area (Å²) in [5.41, 5.74) is 3.33. The van der Waals surface area contributed by atoms with E-state index < -0.39 is 11.9 Å². The second-order valence-electron chi connectivity index (χ2n) is 6.18. The summed E-state index contributed by atoms with van der Waals surface area (Å²) in [5.74, 6) is -0.312. The second-order valence-corrected chi connectivity index (χ2v) is 6.18. The molecule has 1 N–H and O–H groups in total. The molecule has 3 rings (SSSR count). The third-order valence-corrected chi connectivity index (χ3v) is 4.14. The van der Waals surface area contributed by atoms with Gasteiger partial charge in [-0.3, -0.25) is 4.79 Å². The molecule has 0 unspecified atom stereocenters. The zero-order valence-corrected chi connectivity index (χ0v) is 16.0. The van der Waals surface area contributed by atoms with Gasteiger partial charge in [0, 0.05) is 17.3 Å². The van der Waals surface area contributed by atoms with Gasteiger partial charge in [-0.15, -0.1) is 0 Å². The minimum Gasteiger partial charge on any atom is -0.497 e. The quantitative estimate of drug-likeness (QED) is 0.477. The summed E-state index contributed by atoms with van der Waals surface area (Å²) in [5, 5.41) is 2.80. The van der Waals surface area contributed by atoms with Crippen molar-refractivity contribution in [3.8, 4) is 16.9 Å². The predicted molar refractivity (Wildman–Crippen MR) is 113 cm³/mol. The maximum Gasteiger partial charge on any atom is 0.331 e. The molecule has 0 radical (unpaired) electrons. The largest absolute Gasteiger partial charge is 0.497 e. The second kappa shape index (κ2) is 9.90. The van der Waals surface area contributed by atoms with Crippen molar-refractivity contribution in [2.75, 3.05) is 19.0 Å². The number of ether oxygens (including phenoxy) is 2. The molecule has 0 bridgehead atoms. The van der Waals surface area contributed by atoms with E-state index in [-0.39, 0.29) is 6.61 Å². The van der Waals surface area contributed by atoms with Gasteiger partial charge in [0.2, 0.25) is 0 Å². The minimum atomic E-state index is -0.598. The Morgan fingerprint density at radius 2 is 1.69 bits per heavy atom. The number of nitrogens with one attached hydrogen (secondary N) is 1. The number of hydrogen-bond acceptors (Lipinski definition) is 4. The number of carbonyl (C=O) groups excluding carboxylic acids is 2. The van der Waals surface area contributed by atoms with Crippen LogP contribution in [0.1, 0.15) is 5.56 Å². The van der Waals surface area contributed by atoms with E-state index in [9.17, 15) is 9.59 Å². The first kappa shape index (κ1) is 19.9. The zero-order valence-electron chi connectivity index (χ0n) is 16.0. The number of para-hydroxylation sites is 1. The molecular weight excluding hydrogens is 366 g/mol. The van der Waals surface area contributed by atoms with Gasteiger partial charge < -0.3 is 14.8 Å². The lowest BCUT2D eigenvalue weighted by atomic mass is 10.0. The minimum absolute atomic E-state index is 0.371.